The molecule has 1 aromatic carbocycles. The van der Waals surface area contributed by atoms with E-state index < -0.39 is 5.66 Å². The normalized spacial score (nSPS) is 17.1. The van der Waals surface area contributed by atoms with Gasteiger partial charge in [-0.05, 0) is 29.8 Å². The van der Waals surface area contributed by atoms with Crippen LogP contribution >= 0.6 is 15.9 Å². The lowest BCUT2D eigenvalue weighted by molar-refractivity contribution is 0.354. The second kappa shape index (κ2) is 5.44. The van der Waals surface area contributed by atoms with Crippen LogP contribution in [-0.2, 0) is 0 Å². The van der Waals surface area contributed by atoms with Gasteiger partial charge in [0.25, 0.3) is 0 Å². The first kappa shape index (κ1) is 15.4. The standard InChI is InChI=1S/C13H18BrN5O2/c1-13(2)18-11(15)17-12(16)19(13)8-6-10(21-4)9(20-3)5-7(8)14/h5-6H,1-4H3,(H4,15,16,17,18). The van der Waals surface area contributed by atoms with Crippen molar-refractivity contribution in [3.05, 3.63) is 16.6 Å². The van der Waals surface area contributed by atoms with E-state index in [1.165, 1.54) is 0 Å². The molecule has 114 valence electrons. The van der Waals surface area contributed by atoms with Gasteiger partial charge in [-0.15, -0.1) is 0 Å². The number of ether oxygens (including phenoxy) is 2. The summed E-state index contributed by atoms with van der Waals surface area (Å²) in [4.78, 5) is 10.1. The van der Waals surface area contributed by atoms with Crippen LogP contribution in [0.25, 0.3) is 0 Å². The molecule has 0 bridgehead atoms. The number of benzene rings is 1. The maximum Gasteiger partial charge on any atom is 0.220 e. The van der Waals surface area contributed by atoms with Gasteiger partial charge in [0.1, 0.15) is 5.66 Å². The SMILES string of the molecule is COc1cc(Br)c(N2C(N)=NC(N)=NC2(C)C)cc1OC. The van der Waals surface area contributed by atoms with Crippen LogP contribution in [0.2, 0.25) is 0 Å². The Balaban J connectivity index is 2.59. The molecule has 2 rings (SSSR count). The van der Waals surface area contributed by atoms with Crippen molar-refractivity contribution in [3.63, 3.8) is 0 Å². The largest absolute Gasteiger partial charge is 0.493 e. The van der Waals surface area contributed by atoms with Crippen molar-refractivity contribution < 1.29 is 9.47 Å². The predicted molar refractivity (Wildman–Crippen MR) is 87.0 cm³/mol. The number of rotatable bonds is 3. The molecule has 0 radical (unpaired) electrons. The van der Waals surface area contributed by atoms with Crippen molar-refractivity contribution in [2.24, 2.45) is 21.5 Å². The minimum Gasteiger partial charge on any atom is -0.493 e. The summed E-state index contributed by atoms with van der Waals surface area (Å²) in [5, 5.41) is 0. The molecule has 0 atom stereocenters. The number of halogens is 1. The van der Waals surface area contributed by atoms with Crippen LogP contribution in [0, 0.1) is 0 Å². The molecule has 1 heterocycles. The van der Waals surface area contributed by atoms with Crippen molar-refractivity contribution in [1.29, 1.82) is 0 Å². The molecule has 21 heavy (non-hydrogen) atoms. The molecule has 8 heteroatoms. The molecule has 7 nitrogen and oxygen atoms in total. The summed E-state index contributed by atoms with van der Waals surface area (Å²) < 4.78 is 11.4. The van der Waals surface area contributed by atoms with Crippen molar-refractivity contribution in [2.75, 3.05) is 19.1 Å². The van der Waals surface area contributed by atoms with Gasteiger partial charge in [0.15, 0.2) is 11.5 Å². The molecule has 0 unspecified atom stereocenters. The van der Waals surface area contributed by atoms with Crippen LogP contribution in [0.15, 0.2) is 26.6 Å². The van der Waals surface area contributed by atoms with E-state index in [2.05, 4.69) is 25.9 Å². The van der Waals surface area contributed by atoms with Crippen LogP contribution in [-0.4, -0.2) is 31.8 Å². The monoisotopic (exact) mass is 355 g/mol. The molecule has 0 spiro atoms. The first-order valence-corrected chi connectivity index (χ1v) is 7.00. The van der Waals surface area contributed by atoms with Gasteiger partial charge in [-0.1, -0.05) is 0 Å². The van der Waals surface area contributed by atoms with Gasteiger partial charge < -0.3 is 20.9 Å². The molecule has 0 saturated carbocycles. The molecule has 4 N–H and O–H groups in total. The van der Waals surface area contributed by atoms with Crippen LogP contribution in [0.3, 0.4) is 0 Å². The second-order valence-corrected chi connectivity index (χ2v) is 5.78. The molecule has 0 aromatic heterocycles. The summed E-state index contributed by atoms with van der Waals surface area (Å²) in [5.74, 6) is 1.62. The van der Waals surface area contributed by atoms with E-state index in [0.29, 0.717) is 11.5 Å². The Bertz CT molecular complexity index is 627. The lowest BCUT2D eigenvalue weighted by Crippen LogP contribution is -2.54. The minimum atomic E-state index is -0.669. The van der Waals surface area contributed by atoms with Crippen molar-refractivity contribution in [3.8, 4) is 11.5 Å². The van der Waals surface area contributed by atoms with Gasteiger partial charge >= 0.3 is 0 Å². The molecule has 1 aliphatic rings. The molecule has 1 aliphatic heterocycles. The van der Waals surface area contributed by atoms with Gasteiger partial charge in [0, 0.05) is 16.6 Å². The quantitative estimate of drug-likeness (QED) is 0.858. The predicted octanol–water partition coefficient (Wildman–Crippen LogP) is 1.65. The summed E-state index contributed by atoms with van der Waals surface area (Å²) in [5.41, 5.74) is 11.8. The Hall–Kier alpha value is -1.96. The van der Waals surface area contributed by atoms with Crippen LogP contribution in [0.1, 0.15) is 13.8 Å². The average Bonchev–Trinajstić information content (AvgIpc) is 2.37. The third-order valence-electron chi connectivity index (χ3n) is 3.09. The van der Waals surface area contributed by atoms with E-state index in [1.807, 2.05) is 19.9 Å². The maximum absolute atomic E-state index is 6.03. The molecular weight excluding hydrogens is 338 g/mol. The average molecular weight is 356 g/mol. The van der Waals surface area contributed by atoms with Gasteiger partial charge in [-0.25, -0.2) is 4.99 Å². The summed E-state index contributed by atoms with van der Waals surface area (Å²) in [6, 6.07) is 3.61. The summed E-state index contributed by atoms with van der Waals surface area (Å²) in [6.07, 6.45) is 0. The molecule has 1 aromatic rings. The fraction of sp³-hybridized carbons (Fsp3) is 0.385. The summed E-state index contributed by atoms with van der Waals surface area (Å²) in [7, 11) is 3.15. The zero-order valence-electron chi connectivity index (χ0n) is 12.3. The fourth-order valence-electron chi connectivity index (χ4n) is 2.24. The highest BCUT2D eigenvalue weighted by atomic mass is 79.9. The zero-order chi connectivity index (χ0) is 15.8. The third-order valence-corrected chi connectivity index (χ3v) is 3.72. The second-order valence-electron chi connectivity index (χ2n) is 4.93. The van der Waals surface area contributed by atoms with Gasteiger partial charge in [0.05, 0.1) is 19.9 Å². The van der Waals surface area contributed by atoms with Gasteiger partial charge in [-0.2, -0.15) is 4.99 Å². The first-order chi connectivity index (χ1) is 9.80. The molecule has 0 aliphatic carbocycles. The highest BCUT2D eigenvalue weighted by Crippen LogP contribution is 2.41. The number of methoxy groups -OCH3 is 2. The molecule has 0 amide bonds. The van der Waals surface area contributed by atoms with Crippen LogP contribution in [0.5, 0.6) is 11.5 Å². The van der Waals surface area contributed by atoms with E-state index >= 15 is 0 Å². The van der Waals surface area contributed by atoms with E-state index in [4.69, 9.17) is 20.9 Å². The lowest BCUT2D eigenvalue weighted by Gasteiger charge is -2.39. The Kier molecular flexibility index (Phi) is 3.99. The van der Waals surface area contributed by atoms with E-state index in [9.17, 15) is 0 Å². The molecular formula is C13H18BrN5O2. The van der Waals surface area contributed by atoms with Crippen molar-refractivity contribution in [1.82, 2.24) is 0 Å². The smallest absolute Gasteiger partial charge is 0.220 e. The fourth-order valence-corrected chi connectivity index (χ4v) is 2.74. The number of nitrogens with two attached hydrogens (primary N) is 2. The van der Waals surface area contributed by atoms with E-state index in [1.54, 1.807) is 25.2 Å². The number of hydrogen-bond acceptors (Lipinski definition) is 7. The Morgan fingerprint density at radius 2 is 1.71 bits per heavy atom. The topological polar surface area (TPSA) is 98.5 Å². The third kappa shape index (κ3) is 2.76. The van der Waals surface area contributed by atoms with Crippen LogP contribution < -0.4 is 25.8 Å². The summed E-state index contributed by atoms with van der Waals surface area (Å²) in [6.45, 7) is 3.79. The van der Waals surface area contributed by atoms with Crippen molar-refractivity contribution >= 4 is 33.5 Å². The van der Waals surface area contributed by atoms with Crippen molar-refractivity contribution in [2.45, 2.75) is 19.5 Å². The van der Waals surface area contributed by atoms with E-state index in [0.717, 1.165) is 10.2 Å². The first-order valence-electron chi connectivity index (χ1n) is 6.21. The van der Waals surface area contributed by atoms with Gasteiger partial charge in [-0.3, -0.25) is 4.90 Å². The summed E-state index contributed by atoms with van der Waals surface area (Å²) >= 11 is 3.51. The van der Waals surface area contributed by atoms with E-state index in [-0.39, 0.29) is 11.9 Å². The Morgan fingerprint density at radius 3 is 2.24 bits per heavy atom. The minimum absolute atomic E-state index is 0.158. The van der Waals surface area contributed by atoms with Gasteiger partial charge in [0.2, 0.25) is 11.9 Å². The highest BCUT2D eigenvalue weighted by molar-refractivity contribution is 9.10. The van der Waals surface area contributed by atoms with Crippen LogP contribution in [0.4, 0.5) is 5.69 Å². The number of guanidine groups is 2. The number of anilines is 1. The number of aliphatic imine (C=N–C) groups is 2. The molecule has 0 fully saturated rings. The number of hydrogen-bond donors (Lipinski definition) is 2. The Labute approximate surface area is 131 Å². The molecule has 0 saturated heterocycles. The maximum atomic E-state index is 6.03. The lowest BCUT2D eigenvalue weighted by atomic mass is 10.1. The highest BCUT2D eigenvalue weighted by Gasteiger charge is 2.34. The zero-order valence-corrected chi connectivity index (χ0v) is 13.9. The number of nitrogens with zero attached hydrogens (tertiary/aromatic N) is 3. The Morgan fingerprint density at radius 1 is 1.14 bits per heavy atom.